The van der Waals surface area contributed by atoms with Crippen LogP contribution in [0.15, 0.2) is 0 Å². The standard InChI is InChI=1S/C14H30N2S/c1-13(2)14-12-16(10-7-8-15-14)9-5-4-6-11-17-3/h13-15H,4-12H2,1-3H3. The van der Waals surface area contributed by atoms with Crippen molar-refractivity contribution < 1.29 is 0 Å². The normalized spacial score (nSPS) is 22.9. The monoisotopic (exact) mass is 258 g/mol. The summed E-state index contributed by atoms with van der Waals surface area (Å²) in [5.41, 5.74) is 0. The van der Waals surface area contributed by atoms with E-state index in [1.807, 2.05) is 11.8 Å². The van der Waals surface area contributed by atoms with E-state index in [2.05, 4.69) is 30.3 Å². The first-order chi connectivity index (χ1) is 8.24. The molecule has 0 saturated carbocycles. The summed E-state index contributed by atoms with van der Waals surface area (Å²) in [5, 5.41) is 3.68. The third-order valence-electron chi connectivity index (χ3n) is 3.64. The van der Waals surface area contributed by atoms with E-state index in [1.54, 1.807) is 0 Å². The van der Waals surface area contributed by atoms with Gasteiger partial charge in [-0.3, -0.25) is 0 Å². The number of nitrogens with one attached hydrogen (secondary N) is 1. The van der Waals surface area contributed by atoms with Crippen LogP contribution in [0, 0.1) is 5.92 Å². The second kappa shape index (κ2) is 9.23. The third-order valence-corrected chi connectivity index (χ3v) is 4.34. The summed E-state index contributed by atoms with van der Waals surface area (Å²) in [6.07, 6.45) is 7.69. The summed E-state index contributed by atoms with van der Waals surface area (Å²) >= 11 is 1.97. The van der Waals surface area contributed by atoms with E-state index >= 15 is 0 Å². The molecule has 0 aliphatic carbocycles. The molecule has 1 aliphatic heterocycles. The minimum absolute atomic E-state index is 0.698. The van der Waals surface area contributed by atoms with Crippen LogP contribution in [0.1, 0.15) is 39.5 Å². The van der Waals surface area contributed by atoms with Crippen LogP contribution in [0.5, 0.6) is 0 Å². The fourth-order valence-electron chi connectivity index (χ4n) is 2.43. The summed E-state index contributed by atoms with van der Waals surface area (Å²) in [7, 11) is 0. The molecule has 0 aromatic rings. The third kappa shape index (κ3) is 6.68. The molecule has 1 N–H and O–H groups in total. The lowest BCUT2D eigenvalue weighted by Gasteiger charge is -2.26. The highest BCUT2D eigenvalue weighted by Gasteiger charge is 2.19. The lowest BCUT2D eigenvalue weighted by Crippen LogP contribution is -2.41. The Morgan fingerprint density at radius 1 is 1.29 bits per heavy atom. The second-order valence-corrected chi connectivity index (χ2v) is 6.50. The molecule has 1 unspecified atom stereocenters. The van der Waals surface area contributed by atoms with Gasteiger partial charge in [0.05, 0.1) is 0 Å². The van der Waals surface area contributed by atoms with Gasteiger partial charge in [-0.05, 0) is 56.8 Å². The van der Waals surface area contributed by atoms with Gasteiger partial charge in [-0.2, -0.15) is 11.8 Å². The SMILES string of the molecule is CSCCCCCN1CCCNC(C(C)C)C1. The van der Waals surface area contributed by atoms with Crippen molar-refractivity contribution in [3.63, 3.8) is 0 Å². The summed E-state index contributed by atoms with van der Waals surface area (Å²) in [6, 6.07) is 0.698. The molecule has 1 rings (SSSR count). The second-order valence-electron chi connectivity index (χ2n) is 5.51. The molecule has 3 heteroatoms. The number of hydrogen-bond acceptors (Lipinski definition) is 3. The minimum Gasteiger partial charge on any atom is -0.312 e. The predicted octanol–water partition coefficient (Wildman–Crippen LogP) is 2.84. The van der Waals surface area contributed by atoms with Gasteiger partial charge in [-0.1, -0.05) is 20.3 Å². The highest BCUT2D eigenvalue weighted by molar-refractivity contribution is 7.98. The fraction of sp³-hybridized carbons (Fsp3) is 1.00. The van der Waals surface area contributed by atoms with Crippen LogP contribution in [0.3, 0.4) is 0 Å². The molecule has 0 bridgehead atoms. The summed E-state index contributed by atoms with van der Waals surface area (Å²) in [6.45, 7) is 9.71. The van der Waals surface area contributed by atoms with Crippen LogP contribution in [-0.2, 0) is 0 Å². The number of thioether (sulfide) groups is 1. The maximum Gasteiger partial charge on any atom is 0.0217 e. The Morgan fingerprint density at radius 3 is 2.82 bits per heavy atom. The highest BCUT2D eigenvalue weighted by Crippen LogP contribution is 2.10. The van der Waals surface area contributed by atoms with Gasteiger partial charge in [0.1, 0.15) is 0 Å². The highest BCUT2D eigenvalue weighted by atomic mass is 32.2. The van der Waals surface area contributed by atoms with E-state index < -0.39 is 0 Å². The van der Waals surface area contributed by atoms with Crippen LogP contribution < -0.4 is 5.32 Å². The Bertz CT molecular complexity index is 185. The van der Waals surface area contributed by atoms with Crippen molar-refractivity contribution in [2.24, 2.45) is 5.92 Å². The van der Waals surface area contributed by atoms with Crippen LogP contribution >= 0.6 is 11.8 Å². The van der Waals surface area contributed by atoms with Gasteiger partial charge < -0.3 is 10.2 Å². The first-order valence-electron chi connectivity index (χ1n) is 7.18. The van der Waals surface area contributed by atoms with Crippen molar-refractivity contribution >= 4 is 11.8 Å². The Hall–Kier alpha value is 0.270. The lowest BCUT2D eigenvalue weighted by molar-refractivity contribution is 0.241. The average molecular weight is 258 g/mol. The maximum absolute atomic E-state index is 3.68. The van der Waals surface area contributed by atoms with Crippen molar-refractivity contribution in [1.29, 1.82) is 0 Å². The van der Waals surface area contributed by atoms with E-state index in [0.29, 0.717) is 6.04 Å². The van der Waals surface area contributed by atoms with E-state index in [0.717, 1.165) is 5.92 Å². The zero-order valence-electron chi connectivity index (χ0n) is 11.9. The van der Waals surface area contributed by atoms with E-state index in [-0.39, 0.29) is 0 Å². The van der Waals surface area contributed by atoms with Crippen LogP contribution in [0.25, 0.3) is 0 Å². The number of hydrogen-bond donors (Lipinski definition) is 1. The predicted molar refractivity (Wildman–Crippen MR) is 79.9 cm³/mol. The molecule has 0 amide bonds. The van der Waals surface area contributed by atoms with Crippen LogP contribution in [-0.4, -0.2) is 49.1 Å². The molecule has 0 radical (unpaired) electrons. The molecule has 17 heavy (non-hydrogen) atoms. The van der Waals surface area contributed by atoms with Gasteiger partial charge in [-0.25, -0.2) is 0 Å². The first kappa shape index (κ1) is 15.3. The maximum atomic E-state index is 3.68. The van der Waals surface area contributed by atoms with E-state index in [9.17, 15) is 0 Å². The molecule has 1 saturated heterocycles. The molecule has 1 aliphatic rings. The number of rotatable bonds is 7. The molecule has 1 heterocycles. The molecule has 1 atom stereocenters. The van der Waals surface area contributed by atoms with E-state index in [1.165, 1.54) is 57.6 Å². The topological polar surface area (TPSA) is 15.3 Å². The zero-order valence-corrected chi connectivity index (χ0v) is 12.7. The largest absolute Gasteiger partial charge is 0.312 e. The molecular weight excluding hydrogens is 228 g/mol. The Kier molecular flexibility index (Phi) is 8.33. The number of nitrogens with zero attached hydrogens (tertiary/aromatic N) is 1. The van der Waals surface area contributed by atoms with Crippen molar-refractivity contribution in [3.05, 3.63) is 0 Å². The number of unbranched alkanes of at least 4 members (excludes halogenated alkanes) is 2. The molecule has 2 nitrogen and oxygen atoms in total. The summed E-state index contributed by atoms with van der Waals surface area (Å²) in [5.74, 6) is 2.09. The van der Waals surface area contributed by atoms with Gasteiger partial charge >= 0.3 is 0 Å². The summed E-state index contributed by atoms with van der Waals surface area (Å²) < 4.78 is 0. The molecule has 0 spiro atoms. The average Bonchev–Trinajstić information content (AvgIpc) is 2.54. The molecule has 1 fully saturated rings. The van der Waals surface area contributed by atoms with Crippen molar-refractivity contribution in [1.82, 2.24) is 10.2 Å². The fourth-order valence-corrected chi connectivity index (χ4v) is 2.93. The minimum atomic E-state index is 0.698. The Labute approximate surface area is 112 Å². The van der Waals surface area contributed by atoms with E-state index in [4.69, 9.17) is 0 Å². The molecular formula is C14H30N2S. The van der Waals surface area contributed by atoms with Gasteiger partial charge in [0, 0.05) is 12.6 Å². The quantitative estimate of drug-likeness (QED) is 0.707. The Balaban J connectivity index is 2.17. The van der Waals surface area contributed by atoms with Crippen molar-refractivity contribution in [2.45, 2.75) is 45.6 Å². The Morgan fingerprint density at radius 2 is 2.12 bits per heavy atom. The van der Waals surface area contributed by atoms with Gasteiger partial charge in [0.2, 0.25) is 0 Å². The smallest absolute Gasteiger partial charge is 0.0217 e. The lowest BCUT2D eigenvalue weighted by atomic mass is 10.0. The zero-order chi connectivity index (χ0) is 12.5. The summed E-state index contributed by atoms with van der Waals surface area (Å²) in [4.78, 5) is 2.67. The molecule has 0 aromatic carbocycles. The van der Waals surface area contributed by atoms with Crippen molar-refractivity contribution in [3.8, 4) is 0 Å². The van der Waals surface area contributed by atoms with Gasteiger partial charge in [0.25, 0.3) is 0 Å². The van der Waals surface area contributed by atoms with Crippen LogP contribution in [0.4, 0.5) is 0 Å². The van der Waals surface area contributed by atoms with Gasteiger partial charge in [0.15, 0.2) is 0 Å². The first-order valence-corrected chi connectivity index (χ1v) is 8.58. The molecule has 102 valence electrons. The van der Waals surface area contributed by atoms with Crippen LogP contribution in [0.2, 0.25) is 0 Å². The molecule has 0 aromatic heterocycles. The van der Waals surface area contributed by atoms with Crippen molar-refractivity contribution in [2.75, 3.05) is 38.2 Å². The van der Waals surface area contributed by atoms with Gasteiger partial charge in [-0.15, -0.1) is 0 Å².